The zero-order valence-electron chi connectivity index (χ0n) is 13.8. The number of aliphatic hydroxyl groups is 3. The molecule has 0 spiro atoms. The van der Waals surface area contributed by atoms with Gasteiger partial charge in [0, 0.05) is 0 Å². The number of fused-ring (bicyclic) bond motifs is 1. The summed E-state index contributed by atoms with van der Waals surface area (Å²) in [6, 6.07) is 9.81. The Kier molecular flexibility index (Phi) is 4.48. The van der Waals surface area contributed by atoms with Gasteiger partial charge in [0.2, 0.25) is 0 Å². The molecule has 4 atom stereocenters. The van der Waals surface area contributed by atoms with Crippen LogP contribution < -0.4 is 0 Å². The Morgan fingerprint density at radius 3 is 2.58 bits per heavy atom. The number of imidazole rings is 1. The molecule has 134 valence electrons. The largest absolute Gasteiger partial charge is 0.394 e. The van der Waals surface area contributed by atoms with Gasteiger partial charge in [-0.1, -0.05) is 36.4 Å². The highest BCUT2D eigenvalue weighted by molar-refractivity contribution is 5.84. The SMILES string of the molecule is OC[C@H]1O[C@@H](n2cnc3c(/C=C/c4ccccc4)ncnc32)C(O)C1O. The van der Waals surface area contributed by atoms with Crippen molar-refractivity contribution >= 4 is 23.3 Å². The summed E-state index contributed by atoms with van der Waals surface area (Å²) < 4.78 is 7.09. The van der Waals surface area contributed by atoms with Crippen LogP contribution in [0.4, 0.5) is 0 Å². The second-order valence-electron chi connectivity index (χ2n) is 6.06. The summed E-state index contributed by atoms with van der Waals surface area (Å²) in [5, 5.41) is 29.4. The molecule has 2 unspecified atom stereocenters. The van der Waals surface area contributed by atoms with Crippen molar-refractivity contribution in [2.45, 2.75) is 24.5 Å². The average Bonchev–Trinajstić information content (AvgIpc) is 3.23. The van der Waals surface area contributed by atoms with Crippen molar-refractivity contribution in [1.29, 1.82) is 0 Å². The third-order valence-electron chi connectivity index (χ3n) is 4.41. The summed E-state index contributed by atoms with van der Waals surface area (Å²) in [6.45, 7) is -0.387. The Bertz CT molecular complexity index is 927. The molecule has 0 aliphatic carbocycles. The fraction of sp³-hybridized carbons (Fsp3) is 0.278. The third kappa shape index (κ3) is 2.89. The van der Waals surface area contributed by atoms with Gasteiger partial charge in [-0.25, -0.2) is 15.0 Å². The molecule has 0 bridgehead atoms. The van der Waals surface area contributed by atoms with Gasteiger partial charge in [-0.2, -0.15) is 0 Å². The van der Waals surface area contributed by atoms with Gasteiger partial charge >= 0.3 is 0 Å². The van der Waals surface area contributed by atoms with Crippen LogP contribution >= 0.6 is 0 Å². The smallest absolute Gasteiger partial charge is 0.166 e. The maximum Gasteiger partial charge on any atom is 0.166 e. The highest BCUT2D eigenvalue weighted by Gasteiger charge is 2.43. The summed E-state index contributed by atoms with van der Waals surface area (Å²) in [4.78, 5) is 12.8. The zero-order valence-corrected chi connectivity index (χ0v) is 13.8. The van der Waals surface area contributed by atoms with Gasteiger partial charge in [0.05, 0.1) is 18.6 Å². The van der Waals surface area contributed by atoms with Crippen molar-refractivity contribution in [3.8, 4) is 0 Å². The molecular formula is C18H18N4O4. The molecule has 0 amide bonds. The third-order valence-corrected chi connectivity index (χ3v) is 4.41. The van der Waals surface area contributed by atoms with Gasteiger partial charge in [-0.15, -0.1) is 0 Å². The van der Waals surface area contributed by atoms with Crippen LogP contribution in [0.5, 0.6) is 0 Å². The minimum absolute atomic E-state index is 0.387. The Balaban J connectivity index is 1.69. The number of benzene rings is 1. The lowest BCUT2D eigenvalue weighted by atomic mass is 10.1. The predicted molar refractivity (Wildman–Crippen MR) is 93.7 cm³/mol. The van der Waals surface area contributed by atoms with Crippen molar-refractivity contribution in [2.75, 3.05) is 6.61 Å². The Labute approximate surface area is 149 Å². The summed E-state index contributed by atoms with van der Waals surface area (Å²) in [5.74, 6) is 0. The topological polar surface area (TPSA) is 114 Å². The van der Waals surface area contributed by atoms with Crippen molar-refractivity contribution in [3.05, 3.63) is 54.2 Å². The lowest BCUT2D eigenvalue weighted by Gasteiger charge is -2.16. The first-order valence-electron chi connectivity index (χ1n) is 8.22. The number of aliphatic hydroxyl groups excluding tert-OH is 3. The molecule has 3 heterocycles. The van der Waals surface area contributed by atoms with E-state index in [9.17, 15) is 15.3 Å². The van der Waals surface area contributed by atoms with Gasteiger partial charge in [-0.3, -0.25) is 4.57 Å². The van der Waals surface area contributed by atoms with Gasteiger partial charge in [0.25, 0.3) is 0 Å². The van der Waals surface area contributed by atoms with Crippen LogP contribution in [0.2, 0.25) is 0 Å². The van der Waals surface area contributed by atoms with Crippen LogP contribution in [0.15, 0.2) is 43.0 Å². The standard InChI is InChI=1S/C18H18N4O4/c23-8-13-15(24)16(25)18(26-13)22-10-21-14-12(19-9-20-17(14)22)7-6-11-4-2-1-3-5-11/h1-7,9-10,13,15-16,18,23-25H,8H2/b7-6+/t13-,15?,16?,18-/m1/s1. The molecule has 8 heteroatoms. The van der Waals surface area contributed by atoms with E-state index < -0.39 is 24.5 Å². The fourth-order valence-corrected chi connectivity index (χ4v) is 3.03. The van der Waals surface area contributed by atoms with Crippen molar-refractivity contribution in [2.24, 2.45) is 0 Å². The molecule has 0 radical (unpaired) electrons. The average molecular weight is 354 g/mol. The van der Waals surface area contributed by atoms with Crippen molar-refractivity contribution in [3.63, 3.8) is 0 Å². The molecular weight excluding hydrogens is 336 g/mol. The number of aromatic nitrogens is 4. The number of ether oxygens (including phenoxy) is 1. The van der Waals surface area contributed by atoms with E-state index in [0.29, 0.717) is 16.9 Å². The summed E-state index contributed by atoms with van der Waals surface area (Å²) >= 11 is 0. The molecule has 8 nitrogen and oxygen atoms in total. The van der Waals surface area contributed by atoms with Crippen molar-refractivity contribution < 1.29 is 20.1 Å². The predicted octanol–water partition coefficient (Wildman–Crippen LogP) is 0.608. The number of nitrogens with zero attached hydrogens (tertiary/aromatic N) is 4. The molecule has 1 fully saturated rings. The van der Waals surface area contributed by atoms with Crippen LogP contribution in [0.3, 0.4) is 0 Å². The van der Waals surface area contributed by atoms with Gasteiger partial charge < -0.3 is 20.1 Å². The van der Waals surface area contributed by atoms with Crippen molar-refractivity contribution in [1.82, 2.24) is 19.5 Å². The maximum atomic E-state index is 10.2. The quantitative estimate of drug-likeness (QED) is 0.629. The molecule has 26 heavy (non-hydrogen) atoms. The molecule has 3 N–H and O–H groups in total. The van der Waals surface area contributed by atoms with Gasteiger partial charge in [0.1, 0.15) is 30.2 Å². The minimum Gasteiger partial charge on any atom is -0.394 e. The summed E-state index contributed by atoms with van der Waals surface area (Å²) in [5.41, 5.74) is 2.69. The molecule has 4 rings (SSSR count). The molecule has 3 aromatic rings. The van der Waals surface area contributed by atoms with E-state index in [-0.39, 0.29) is 6.61 Å². The van der Waals surface area contributed by atoms with Crippen LogP contribution in [0, 0.1) is 0 Å². The first-order chi connectivity index (χ1) is 12.7. The van der Waals surface area contributed by atoms with Crippen LogP contribution in [0.1, 0.15) is 17.5 Å². The molecule has 0 saturated carbocycles. The molecule has 1 aliphatic rings. The van der Waals surface area contributed by atoms with E-state index in [1.807, 2.05) is 42.5 Å². The second kappa shape index (κ2) is 6.93. The number of hydrogen-bond acceptors (Lipinski definition) is 7. The lowest BCUT2D eigenvalue weighted by Crippen LogP contribution is -2.33. The van der Waals surface area contributed by atoms with E-state index in [4.69, 9.17) is 4.74 Å². The maximum absolute atomic E-state index is 10.2. The highest BCUT2D eigenvalue weighted by atomic mass is 16.6. The van der Waals surface area contributed by atoms with Crippen LogP contribution in [-0.2, 0) is 4.74 Å². The van der Waals surface area contributed by atoms with Gasteiger partial charge in [0.15, 0.2) is 11.9 Å². The first-order valence-corrected chi connectivity index (χ1v) is 8.22. The van der Waals surface area contributed by atoms with Crippen LogP contribution in [0.25, 0.3) is 23.3 Å². The Hall–Kier alpha value is -2.65. The highest BCUT2D eigenvalue weighted by Crippen LogP contribution is 2.31. The van der Waals surface area contributed by atoms with Crippen LogP contribution in [-0.4, -0.2) is 59.8 Å². The fourth-order valence-electron chi connectivity index (χ4n) is 3.03. The van der Waals surface area contributed by atoms with E-state index in [2.05, 4.69) is 15.0 Å². The molecule has 1 aliphatic heterocycles. The second-order valence-corrected chi connectivity index (χ2v) is 6.06. The Morgan fingerprint density at radius 1 is 1.04 bits per heavy atom. The monoisotopic (exact) mass is 354 g/mol. The molecule has 1 saturated heterocycles. The van der Waals surface area contributed by atoms with E-state index in [1.54, 1.807) is 4.57 Å². The number of rotatable bonds is 4. The normalized spacial score (nSPS) is 26.1. The van der Waals surface area contributed by atoms with E-state index in [0.717, 1.165) is 5.56 Å². The van der Waals surface area contributed by atoms with E-state index >= 15 is 0 Å². The molecule has 1 aromatic carbocycles. The summed E-state index contributed by atoms with van der Waals surface area (Å²) in [7, 11) is 0. The molecule has 2 aromatic heterocycles. The first kappa shape index (κ1) is 16.8. The Morgan fingerprint density at radius 2 is 1.85 bits per heavy atom. The van der Waals surface area contributed by atoms with Gasteiger partial charge in [-0.05, 0) is 11.6 Å². The zero-order chi connectivity index (χ0) is 18.1. The lowest BCUT2D eigenvalue weighted by molar-refractivity contribution is -0.0511. The summed E-state index contributed by atoms with van der Waals surface area (Å²) in [6.07, 6.45) is 2.55. The van der Waals surface area contributed by atoms with E-state index in [1.165, 1.54) is 12.7 Å². The minimum atomic E-state index is -1.19. The number of hydrogen-bond donors (Lipinski definition) is 3.